The molecule has 156 valence electrons. The van der Waals surface area contributed by atoms with E-state index in [2.05, 4.69) is 34.2 Å². The number of nitrogens with one attached hydrogen (secondary N) is 1. The van der Waals surface area contributed by atoms with Gasteiger partial charge in [-0.3, -0.25) is 4.79 Å². The molecule has 1 aliphatic heterocycles. The third-order valence-corrected chi connectivity index (χ3v) is 5.30. The van der Waals surface area contributed by atoms with Crippen LogP contribution in [0.2, 0.25) is 0 Å². The Balaban J connectivity index is 1.54. The lowest BCUT2D eigenvalue weighted by Gasteiger charge is -2.26. The maximum atomic E-state index is 12.5. The number of H-pyrrole nitrogens is 1. The van der Waals surface area contributed by atoms with Crippen LogP contribution in [-0.2, 0) is 16.0 Å². The second-order valence-corrected chi connectivity index (χ2v) is 7.74. The van der Waals surface area contributed by atoms with Crippen LogP contribution in [0, 0.1) is 0 Å². The van der Waals surface area contributed by atoms with Crippen LogP contribution in [0.5, 0.6) is 0 Å². The normalized spacial score (nSPS) is 14.3. The summed E-state index contributed by atoms with van der Waals surface area (Å²) in [6.45, 7) is 6.67. The van der Waals surface area contributed by atoms with Crippen LogP contribution in [0.3, 0.4) is 0 Å². The minimum Gasteiger partial charge on any atom is -0.383 e. The Bertz CT molecular complexity index is 1020. The van der Waals surface area contributed by atoms with E-state index in [0.717, 1.165) is 33.6 Å². The summed E-state index contributed by atoms with van der Waals surface area (Å²) in [4.78, 5) is 18.7. The third-order valence-electron chi connectivity index (χ3n) is 5.30. The van der Waals surface area contributed by atoms with Crippen molar-refractivity contribution in [3.63, 3.8) is 0 Å². The van der Waals surface area contributed by atoms with Crippen LogP contribution in [0.15, 0.2) is 36.5 Å². The number of hydrogen-bond acceptors (Lipinski definition) is 6. The van der Waals surface area contributed by atoms with E-state index in [4.69, 9.17) is 10.5 Å². The molecule has 0 atom stereocenters. The van der Waals surface area contributed by atoms with Gasteiger partial charge in [0.1, 0.15) is 11.5 Å². The number of anilines is 1. The number of nitrogens with zero attached hydrogens (tertiary/aromatic N) is 4. The topological polar surface area (TPSA) is 110 Å². The molecule has 1 amide bonds. The number of ether oxygens (including phenoxy) is 1. The largest absolute Gasteiger partial charge is 0.383 e. The van der Waals surface area contributed by atoms with Crippen molar-refractivity contribution < 1.29 is 9.53 Å². The predicted molar refractivity (Wildman–Crippen MR) is 115 cm³/mol. The van der Waals surface area contributed by atoms with Crippen LogP contribution >= 0.6 is 0 Å². The van der Waals surface area contributed by atoms with Gasteiger partial charge < -0.3 is 15.4 Å². The molecule has 4 rings (SSSR count). The summed E-state index contributed by atoms with van der Waals surface area (Å²) in [5.41, 5.74) is 11.4. The number of nitrogen functional groups attached to an aromatic ring is 1. The van der Waals surface area contributed by atoms with Crippen LogP contribution in [0.1, 0.15) is 31.0 Å². The van der Waals surface area contributed by atoms with Crippen LogP contribution in [0.25, 0.3) is 22.4 Å². The van der Waals surface area contributed by atoms with Crippen molar-refractivity contribution in [2.45, 2.75) is 26.2 Å². The van der Waals surface area contributed by atoms with Gasteiger partial charge in [-0.15, -0.1) is 0 Å². The van der Waals surface area contributed by atoms with E-state index < -0.39 is 0 Å². The Hall–Kier alpha value is -3.26. The molecule has 1 saturated heterocycles. The summed E-state index contributed by atoms with van der Waals surface area (Å²) in [5, 5.41) is 11.2. The predicted octanol–water partition coefficient (Wildman–Crippen LogP) is 2.64. The molecule has 0 aliphatic carbocycles. The number of carbonyl (C=O) groups is 1. The zero-order valence-corrected chi connectivity index (χ0v) is 17.3. The Morgan fingerprint density at radius 1 is 1.17 bits per heavy atom. The van der Waals surface area contributed by atoms with Gasteiger partial charge in [0.25, 0.3) is 0 Å². The van der Waals surface area contributed by atoms with Crippen molar-refractivity contribution in [3.05, 3.63) is 47.8 Å². The number of morpholine rings is 1. The summed E-state index contributed by atoms with van der Waals surface area (Å²) >= 11 is 0. The van der Waals surface area contributed by atoms with Gasteiger partial charge in [0.2, 0.25) is 5.91 Å². The molecule has 0 bridgehead atoms. The van der Waals surface area contributed by atoms with Crippen LogP contribution in [0.4, 0.5) is 5.82 Å². The van der Waals surface area contributed by atoms with Gasteiger partial charge in [-0.25, -0.2) is 4.98 Å². The number of rotatable bonds is 5. The number of amides is 1. The summed E-state index contributed by atoms with van der Waals surface area (Å²) < 4.78 is 5.31. The number of carbonyl (C=O) groups excluding carboxylic acids is 1. The summed E-state index contributed by atoms with van der Waals surface area (Å²) in [7, 11) is 0. The van der Waals surface area contributed by atoms with E-state index in [1.165, 1.54) is 0 Å². The van der Waals surface area contributed by atoms with Crippen molar-refractivity contribution in [2.75, 3.05) is 32.0 Å². The molecule has 3 heterocycles. The minimum absolute atomic E-state index is 0.134. The Morgan fingerprint density at radius 3 is 2.60 bits per heavy atom. The van der Waals surface area contributed by atoms with E-state index in [-0.39, 0.29) is 11.8 Å². The number of hydrogen-bond donors (Lipinski definition) is 2. The monoisotopic (exact) mass is 406 g/mol. The van der Waals surface area contributed by atoms with Gasteiger partial charge in [-0.2, -0.15) is 15.4 Å². The smallest absolute Gasteiger partial charge is 0.227 e. The highest BCUT2D eigenvalue weighted by molar-refractivity contribution is 5.80. The maximum absolute atomic E-state index is 12.5. The molecule has 8 heteroatoms. The number of pyridine rings is 1. The molecule has 30 heavy (non-hydrogen) atoms. The average Bonchev–Trinajstić information content (AvgIpc) is 3.25. The zero-order chi connectivity index (χ0) is 21.1. The highest BCUT2D eigenvalue weighted by atomic mass is 16.5. The number of benzene rings is 1. The summed E-state index contributed by atoms with van der Waals surface area (Å²) in [5.74, 6) is 0.766. The summed E-state index contributed by atoms with van der Waals surface area (Å²) in [6, 6.07) is 9.97. The molecule has 1 aliphatic rings. The Labute approximate surface area is 175 Å². The van der Waals surface area contributed by atoms with Gasteiger partial charge in [0.15, 0.2) is 0 Å². The van der Waals surface area contributed by atoms with E-state index in [1.807, 2.05) is 35.2 Å². The molecule has 2 aromatic heterocycles. The lowest BCUT2D eigenvalue weighted by atomic mass is 9.99. The van der Waals surface area contributed by atoms with Crippen molar-refractivity contribution >= 4 is 11.7 Å². The molecule has 0 saturated carbocycles. The first-order valence-corrected chi connectivity index (χ1v) is 10.1. The van der Waals surface area contributed by atoms with Gasteiger partial charge >= 0.3 is 0 Å². The van der Waals surface area contributed by atoms with Gasteiger partial charge in [0.05, 0.1) is 25.3 Å². The van der Waals surface area contributed by atoms with Gasteiger partial charge in [-0.1, -0.05) is 38.1 Å². The van der Waals surface area contributed by atoms with E-state index in [1.54, 1.807) is 6.20 Å². The average molecular weight is 406 g/mol. The third kappa shape index (κ3) is 4.18. The fourth-order valence-corrected chi connectivity index (χ4v) is 3.58. The molecule has 3 N–H and O–H groups in total. The fourth-order valence-electron chi connectivity index (χ4n) is 3.58. The molecule has 0 radical (unpaired) electrons. The minimum atomic E-state index is 0.134. The van der Waals surface area contributed by atoms with Crippen molar-refractivity contribution in [2.24, 2.45) is 0 Å². The first-order valence-electron chi connectivity index (χ1n) is 10.1. The standard InChI is InChI=1S/C22H26N6O2/c1-14(2)20-21(26-27-25-20)18-12-17(13-24-22(18)23)16-5-3-15(4-6-16)11-19(29)28-7-9-30-10-8-28/h3-6,12-14H,7-11H2,1-2H3,(H2,23,24)(H,25,26,27). The molecular formula is C22H26N6O2. The van der Waals surface area contributed by atoms with E-state index in [9.17, 15) is 4.79 Å². The molecule has 1 fully saturated rings. The van der Waals surface area contributed by atoms with E-state index >= 15 is 0 Å². The lowest BCUT2D eigenvalue weighted by Crippen LogP contribution is -2.41. The van der Waals surface area contributed by atoms with Crippen LogP contribution < -0.4 is 5.73 Å². The highest BCUT2D eigenvalue weighted by Gasteiger charge is 2.18. The molecule has 0 spiro atoms. The van der Waals surface area contributed by atoms with Gasteiger partial charge in [-0.05, 0) is 23.1 Å². The summed E-state index contributed by atoms with van der Waals surface area (Å²) in [6.07, 6.45) is 2.14. The SMILES string of the molecule is CC(C)c1n[nH]nc1-c1cc(-c2ccc(CC(=O)N3CCOCC3)cc2)cnc1N. The number of nitrogens with two attached hydrogens (primary N) is 1. The maximum Gasteiger partial charge on any atom is 0.227 e. The molecule has 3 aromatic rings. The van der Waals surface area contributed by atoms with Gasteiger partial charge in [0, 0.05) is 30.4 Å². The number of aromatic amines is 1. The zero-order valence-electron chi connectivity index (χ0n) is 17.3. The number of aromatic nitrogens is 4. The quantitative estimate of drug-likeness (QED) is 0.674. The molecule has 1 aromatic carbocycles. The fraction of sp³-hybridized carbons (Fsp3) is 0.364. The first kappa shape index (κ1) is 20.0. The van der Waals surface area contributed by atoms with Crippen LogP contribution in [-0.4, -0.2) is 57.5 Å². The second-order valence-electron chi connectivity index (χ2n) is 7.74. The molecule has 8 nitrogen and oxygen atoms in total. The second kappa shape index (κ2) is 8.62. The Kier molecular flexibility index (Phi) is 5.76. The van der Waals surface area contributed by atoms with Crippen molar-refractivity contribution in [1.82, 2.24) is 25.3 Å². The molecule has 0 unspecified atom stereocenters. The lowest BCUT2D eigenvalue weighted by molar-refractivity contribution is -0.134. The van der Waals surface area contributed by atoms with Crippen molar-refractivity contribution in [1.29, 1.82) is 0 Å². The molecular weight excluding hydrogens is 380 g/mol. The first-order chi connectivity index (χ1) is 14.5. The van der Waals surface area contributed by atoms with Crippen molar-refractivity contribution in [3.8, 4) is 22.4 Å². The van der Waals surface area contributed by atoms with E-state index in [0.29, 0.717) is 38.5 Å². The Morgan fingerprint density at radius 2 is 1.90 bits per heavy atom. The highest BCUT2D eigenvalue weighted by Crippen LogP contribution is 2.32.